The Morgan fingerprint density at radius 3 is 2.33 bits per heavy atom. The fraction of sp³-hybridized carbons (Fsp3) is 0.278. The average Bonchev–Trinajstić information content (AvgIpc) is 2.62. The Labute approximate surface area is 156 Å². The molecule has 9 heteroatoms. The summed E-state index contributed by atoms with van der Waals surface area (Å²) in [6, 6.07) is 8.24. The number of carbonyl (C=O) groups excluding carboxylic acids is 1. The van der Waals surface area contributed by atoms with Gasteiger partial charge in [0, 0.05) is 5.56 Å². The molecule has 0 spiro atoms. The van der Waals surface area contributed by atoms with E-state index in [0.717, 1.165) is 12.5 Å². The van der Waals surface area contributed by atoms with Gasteiger partial charge in [-0.25, -0.2) is 17.2 Å². The lowest BCUT2D eigenvalue weighted by molar-refractivity contribution is 0.0945. The zero-order valence-electron chi connectivity index (χ0n) is 14.8. The molecule has 2 rings (SSSR count). The van der Waals surface area contributed by atoms with Gasteiger partial charge in [0.05, 0.1) is 11.5 Å². The lowest BCUT2D eigenvalue weighted by Crippen LogP contribution is -2.41. The number of sulfonamides is 1. The molecule has 6 nitrogen and oxygen atoms in total. The van der Waals surface area contributed by atoms with Crippen LogP contribution in [0.1, 0.15) is 30.6 Å². The van der Waals surface area contributed by atoms with Crippen molar-refractivity contribution in [1.82, 2.24) is 10.3 Å². The summed E-state index contributed by atoms with van der Waals surface area (Å²) in [7, 11) is -4.24. The second-order valence-corrected chi connectivity index (χ2v) is 7.87. The van der Waals surface area contributed by atoms with Gasteiger partial charge in [0.1, 0.15) is 5.75 Å². The predicted molar refractivity (Wildman–Crippen MR) is 95.5 cm³/mol. The van der Waals surface area contributed by atoms with Gasteiger partial charge in [0.25, 0.3) is 15.9 Å². The summed E-state index contributed by atoms with van der Waals surface area (Å²) in [6.07, 6.45) is 0.897. The Balaban J connectivity index is 1.95. The van der Waals surface area contributed by atoms with Crippen molar-refractivity contribution >= 4 is 15.9 Å². The minimum atomic E-state index is -4.24. The van der Waals surface area contributed by atoms with Crippen LogP contribution in [-0.2, 0) is 10.0 Å². The first kappa shape index (κ1) is 20.8. The van der Waals surface area contributed by atoms with Crippen LogP contribution in [0.3, 0.4) is 0 Å². The Morgan fingerprint density at radius 2 is 1.74 bits per heavy atom. The van der Waals surface area contributed by atoms with Gasteiger partial charge in [-0.1, -0.05) is 13.8 Å². The van der Waals surface area contributed by atoms with E-state index in [-0.39, 0.29) is 5.56 Å². The molecule has 0 aliphatic rings. The third kappa shape index (κ3) is 6.00. The number of amides is 1. The van der Waals surface area contributed by atoms with Gasteiger partial charge < -0.3 is 4.74 Å². The summed E-state index contributed by atoms with van der Waals surface area (Å²) < 4.78 is 55.7. The normalized spacial score (nSPS) is 11.4. The van der Waals surface area contributed by atoms with Crippen molar-refractivity contribution in [3.8, 4) is 5.75 Å². The molecule has 2 N–H and O–H groups in total. The SMILES string of the molecule is CC(C)CCOc1ccc(C(=O)NNS(=O)(=O)c2ccc(F)c(F)c2)cc1. The predicted octanol–water partition coefficient (Wildman–Crippen LogP) is 3.01. The maximum atomic E-state index is 13.2. The van der Waals surface area contributed by atoms with Crippen LogP contribution in [0.2, 0.25) is 0 Å². The third-order valence-electron chi connectivity index (χ3n) is 3.58. The van der Waals surface area contributed by atoms with Gasteiger partial charge in [-0.15, -0.1) is 4.83 Å². The van der Waals surface area contributed by atoms with Crippen molar-refractivity contribution in [3.63, 3.8) is 0 Å². The third-order valence-corrected chi connectivity index (χ3v) is 4.83. The van der Waals surface area contributed by atoms with Gasteiger partial charge in [-0.05, 0) is 54.8 Å². The Bertz CT molecular complexity index is 900. The molecule has 0 radical (unpaired) electrons. The fourth-order valence-electron chi connectivity index (χ4n) is 2.00. The zero-order valence-corrected chi connectivity index (χ0v) is 15.6. The number of hydrazine groups is 1. The fourth-order valence-corrected chi connectivity index (χ4v) is 2.85. The molecule has 0 aliphatic heterocycles. The minimum Gasteiger partial charge on any atom is -0.494 e. The van der Waals surface area contributed by atoms with Gasteiger partial charge in [-0.3, -0.25) is 10.2 Å². The van der Waals surface area contributed by atoms with Crippen molar-refractivity contribution in [2.75, 3.05) is 6.61 Å². The number of hydrogen-bond donors (Lipinski definition) is 2. The van der Waals surface area contributed by atoms with Crippen LogP contribution < -0.4 is 15.0 Å². The van der Waals surface area contributed by atoms with Crippen molar-refractivity contribution in [3.05, 3.63) is 59.7 Å². The van der Waals surface area contributed by atoms with Crippen LogP contribution in [0.15, 0.2) is 47.4 Å². The maximum absolute atomic E-state index is 13.2. The summed E-state index contributed by atoms with van der Waals surface area (Å²) in [5.41, 5.74) is 2.21. The molecular weight excluding hydrogens is 378 g/mol. The largest absolute Gasteiger partial charge is 0.494 e. The molecule has 0 atom stereocenters. The van der Waals surface area contributed by atoms with Gasteiger partial charge in [-0.2, -0.15) is 0 Å². The highest BCUT2D eigenvalue weighted by molar-refractivity contribution is 7.89. The van der Waals surface area contributed by atoms with E-state index in [1.54, 1.807) is 12.1 Å². The molecule has 0 aliphatic carbocycles. The Hall–Kier alpha value is -2.52. The molecule has 0 fully saturated rings. The second-order valence-electron chi connectivity index (χ2n) is 6.19. The van der Waals surface area contributed by atoms with Crippen LogP contribution >= 0.6 is 0 Å². The summed E-state index contributed by atoms with van der Waals surface area (Å²) in [4.78, 5) is 13.4. The number of nitrogens with one attached hydrogen (secondary N) is 2. The minimum absolute atomic E-state index is 0.194. The van der Waals surface area contributed by atoms with Gasteiger partial charge in [0.2, 0.25) is 0 Å². The van der Waals surface area contributed by atoms with Crippen LogP contribution in [0, 0.1) is 17.6 Å². The molecule has 2 aromatic rings. The number of benzene rings is 2. The molecular formula is C18H20F2N2O4S. The van der Waals surface area contributed by atoms with E-state index in [2.05, 4.69) is 13.8 Å². The monoisotopic (exact) mass is 398 g/mol. The van der Waals surface area contributed by atoms with E-state index in [1.807, 2.05) is 10.3 Å². The standard InChI is InChI=1S/C18H20F2N2O4S/c1-12(2)9-10-26-14-5-3-13(4-6-14)18(23)21-22-27(24,25)15-7-8-16(19)17(20)11-15/h3-8,11-12,22H,9-10H2,1-2H3,(H,21,23). The quantitative estimate of drug-likeness (QED) is 0.670. The molecule has 0 saturated heterocycles. The van der Waals surface area contributed by atoms with E-state index < -0.39 is 32.5 Å². The van der Waals surface area contributed by atoms with E-state index in [0.29, 0.717) is 30.4 Å². The second kappa shape index (κ2) is 8.92. The molecule has 0 aromatic heterocycles. The van der Waals surface area contributed by atoms with Crippen molar-refractivity contribution in [1.29, 1.82) is 0 Å². The highest BCUT2D eigenvalue weighted by atomic mass is 32.2. The Morgan fingerprint density at radius 1 is 1.07 bits per heavy atom. The lowest BCUT2D eigenvalue weighted by Gasteiger charge is -2.10. The highest BCUT2D eigenvalue weighted by Crippen LogP contribution is 2.15. The topological polar surface area (TPSA) is 84.5 Å². The van der Waals surface area contributed by atoms with E-state index in [9.17, 15) is 22.0 Å². The first-order chi connectivity index (χ1) is 12.7. The molecule has 1 amide bonds. The number of carbonyl (C=O) groups is 1. The molecule has 0 heterocycles. The van der Waals surface area contributed by atoms with Crippen LogP contribution in [0.25, 0.3) is 0 Å². The molecule has 2 aromatic carbocycles. The summed E-state index contributed by atoms with van der Waals surface area (Å²) in [5, 5.41) is 0. The molecule has 27 heavy (non-hydrogen) atoms. The van der Waals surface area contributed by atoms with Gasteiger partial charge in [0.15, 0.2) is 11.6 Å². The van der Waals surface area contributed by atoms with Crippen molar-refractivity contribution < 1.29 is 26.7 Å². The summed E-state index contributed by atoms with van der Waals surface area (Å²) in [5.74, 6) is -2.09. The zero-order chi connectivity index (χ0) is 20.0. The van der Waals surface area contributed by atoms with E-state index in [1.165, 1.54) is 12.1 Å². The van der Waals surface area contributed by atoms with E-state index in [4.69, 9.17) is 4.74 Å². The molecule has 146 valence electrons. The van der Waals surface area contributed by atoms with Crippen LogP contribution in [0.4, 0.5) is 8.78 Å². The number of hydrogen-bond acceptors (Lipinski definition) is 4. The molecule has 0 bridgehead atoms. The highest BCUT2D eigenvalue weighted by Gasteiger charge is 2.18. The molecule has 0 unspecified atom stereocenters. The van der Waals surface area contributed by atoms with E-state index >= 15 is 0 Å². The van der Waals surface area contributed by atoms with Gasteiger partial charge >= 0.3 is 0 Å². The summed E-state index contributed by atoms with van der Waals surface area (Å²) >= 11 is 0. The average molecular weight is 398 g/mol. The van der Waals surface area contributed by atoms with Crippen LogP contribution in [0.5, 0.6) is 5.75 Å². The lowest BCUT2D eigenvalue weighted by atomic mass is 10.1. The first-order valence-corrected chi connectivity index (χ1v) is 9.67. The number of rotatable bonds is 8. The number of ether oxygens (including phenoxy) is 1. The summed E-state index contributed by atoms with van der Waals surface area (Å²) in [6.45, 7) is 4.72. The maximum Gasteiger partial charge on any atom is 0.266 e. The van der Waals surface area contributed by atoms with Crippen molar-refractivity contribution in [2.24, 2.45) is 5.92 Å². The van der Waals surface area contributed by atoms with Crippen LogP contribution in [-0.4, -0.2) is 20.9 Å². The first-order valence-electron chi connectivity index (χ1n) is 8.19. The molecule has 0 saturated carbocycles. The van der Waals surface area contributed by atoms with Crippen molar-refractivity contribution in [2.45, 2.75) is 25.2 Å². The smallest absolute Gasteiger partial charge is 0.266 e. The Kier molecular flexibility index (Phi) is 6.86. The number of halogens is 2.